The maximum atomic E-state index is 11.7. The van der Waals surface area contributed by atoms with Crippen molar-refractivity contribution in [2.45, 2.75) is 31.7 Å². The first-order valence-electron chi connectivity index (χ1n) is 8.30. The van der Waals surface area contributed by atoms with Gasteiger partial charge in [0.05, 0.1) is 0 Å². The van der Waals surface area contributed by atoms with E-state index in [1.807, 2.05) is 6.26 Å². The molecule has 0 spiro atoms. The maximum absolute atomic E-state index is 11.7. The van der Waals surface area contributed by atoms with Gasteiger partial charge in [-0.25, -0.2) is 0 Å². The summed E-state index contributed by atoms with van der Waals surface area (Å²) in [5.74, 6) is 1.99. The first-order valence-corrected chi connectivity index (χ1v) is 10.0. The monoisotopic (exact) mass is 316 g/mol. The zero-order valence-corrected chi connectivity index (χ0v) is 14.2. The third-order valence-corrected chi connectivity index (χ3v) is 6.48. The number of nitrogens with one attached hydrogen (secondary N) is 1. The highest BCUT2D eigenvalue weighted by Gasteiger charge is 2.40. The number of nitrogens with zero attached hydrogens (tertiary/aromatic N) is 1. The molecule has 0 amide bonds. The second-order valence-electron chi connectivity index (χ2n) is 6.89. The summed E-state index contributed by atoms with van der Waals surface area (Å²) in [4.78, 5) is 6.06. The Balaban J connectivity index is 1.76. The largest absolute Gasteiger partial charge is 0.361 e. The number of fused-ring (bicyclic) bond motifs is 2. The van der Waals surface area contributed by atoms with E-state index in [1.165, 1.54) is 28.5 Å². The molecule has 1 aliphatic carbocycles. The average Bonchev–Trinajstić information content (AvgIpc) is 2.91. The minimum absolute atomic E-state index is 0.558. The van der Waals surface area contributed by atoms with Crippen LogP contribution in [-0.4, -0.2) is 45.2 Å². The van der Waals surface area contributed by atoms with Crippen LogP contribution in [-0.2, 0) is 17.2 Å². The van der Waals surface area contributed by atoms with Crippen molar-refractivity contribution in [1.29, 1.82) is 0 Å². The maximum Gasteiger partial charge on any atom is 0.0459 e. The third kappa shape index (κ3) is 2.24. The van der Waals surface area contributed by atoms with E-state index in [4.69, 9.17) is 0 Å². The minimum atomic E-state index is -0.699. The SMILES string of the molecule is CCN1CC(CS(C)=O)C[C@H]2c3cccc4[nH]cc(c34)C[C@@H]21. The normalized spacial score (nSPS) is 29.5. The molecule has 22 heavy (non-hydrogen) atoms. The van der Waals surface area contributed by atoms with E-state index in [0.717, 1.165) is 25.3 Å². The van der Waals surface area contributed by atoms with E-state index in [2.05, 4.69) is 41.2 Å². The first-order chi connectivity index (χ1) is 10.7. The number of aromatic amines is 1. The van der Waals surface area contributed by atoms with Crippen molar-refractivity contribution in [2.24, 2.45) is 5.92 Å². The standard InChI is InChI=1S/C18H24N2OS/c1-3-20-10-12(11-22(2)21)7-15-14-5-4-6-16-18(14)13(9-19-16)8-17(15)20/h4-6,9,12,15,17,19H,3,7-8,10-11H2,1-2H3/t12?,15-,17-,22?/m0/s1. The fraction of sp³-hybridized carbons (Fsp3) is 0.556. The molecular formula is C18H24N2OS. The van der Waals surface area contributed by atoms with Crippen LogP contribution in [0.4, 0.5) is 0 Å². The van der Waals surface area contributed by atoms with Gasteiger partial charge in [0.25, 0.3) is 0 Å². The molecule has 2 unspecified atom stereocenters. The molecule has 3 nitrogen and oxygen atoms in total. The summed E-state index contributed by atoms with van der Waals surface area (Å²) in [5.41, 5.74) is 4.26. The van der Waals surface area contributed by atoms with Crippen molar-refractivity contribution < 1.29 is 4.21 Å². The van der Waals surface area contributed by atoms with Gasteiger partial charge in [0.1, 0.15) is 0 Å². The Kier molecular flexibility index (Phi) is 3.61. The zero-order chi connectivity index (χ0) is 15.3. The number of rotatable bonds is 3. The van der Waals surface area contributed by atoms with Crippen LogP contribution in [0.3, 0.4) is 0 Å². The molecule has 1 saturated heterocycles. The molecule has 118 valence electrons. The number of benzene rings is 1. The number of H-pyrrole nitrogens is 1. The van der Waals surface area contributed by atoms with Crippen LogP contribution in [0.5, 0.6) is 0 Å². The van der Waals surface area contributed by atoms with Gasteiger partial charge in [-0.05, 0) is 42.5 Å². The topological polar surface area (TPSA) is 36.1 Å². The number of hydrogen-bond acceptors (Lipinski definition) is 2. The molecule has 1 fully saturated rings. The second kappa shape index (κ2) is 5.50. The number of likely N-dealkylation sites (N-methyl/N-ethyl adjacent to an activating group) is 1. The summed E-state index contributed by atoms with van der Waals surface area (Å²) in [6.07, 6.45) is 6.38. The fourth-order valence-corrected chi connectivity index (χ4v) is 5.62. The quantitative estimate of drug-likeness (QED) is 0.945. The second-order valence-corrected chi connectivity index (χ2v) is 8.37. The predicted molar refractivity (Wildman–Crippen MR) is 92.8 cm³/mol. The van der Waals surface area contributed by atoms with Gasteiger partial charge in [0, 0.05) is 58.4 Å². The average molecular weight is 316 g/mol. The Morgan fingerprint density at radius 2 is 2.27 bits per heavy atom. The number of likely N-dealkylation sites (tertiary alicyclic amines) is 1. The van der Waals surface area contributed by atoms with E-state index in [1.54, 1.807) is 0 Å². The van der Waals surface area contributed by atoms with Gasteiger partial charge in [-0.15, -0.1) is 0 Å². The Labute approximate surface area is 134 Å². The highest BCUT2D eigenvalue weighted by atomic mass is 32.2. The van der Waals surface area contributed by atoms with E-state index in [9.17, 15) is 4.21 Å². The van der Waals surface area contributed by atoms with E-state index in [-0.39, 0.29) is 0 Å². The molecule has 2 heterocycles. The Morgan fingerprint density at radius 3 is 3.05 bits per heavy atom. The molecule has 0 radical (unpaired) electrons. The summed E-state index contributed by atoms with van der Waals surface area (Å²) in [6, 6.07) is 7.29. The van der Waals surface area contributed by atoms with Crippen LogP contribution in [0.2, 0.25) is 0 Å². The summed E-state index contributed by atoms with van der Waals surface area (Å²) in [5, 5.41) is 1.46. The number of aromatic nitrogens is 1. The molecule has 1 aromatic heterocycles. The molecule has 2 aliphatic rings. The third-order valence-electron chi connectivity index (χ3n) is 5.54. The molecule has 1 N–H and O–H groups in total. The van der Waals surface area contributed by atoms with Gasteiger partial charge in [-0.1, -0.05) is 19.1 Å². The van der Waals surface area contributed by atoms with Crippen LogP contribution in [0.1, 0.15) is 30.4 Å². The van der Waals surface area contributed by atoms with E-state index < -0.39 is 10.8 Å². The highest BCUT2D eigenvalue weighted by Crippen LogP contribution is 2.44. The lowest BCUT2D eigenvalue weighted by Gasteiger charge is -2.46. The van der Waals surface area contributed by atoms with Gasteiger partial charge in [-0.2, -0.15) is 0 Å². The Bertz CT molecular complexity index is 723. The smallest absolute Gasteiger partial charge is 0.0459 e. The van der Waals surface area contributed by atoms with E-state index in [0.29, 0.717) is 17.9 Å². The van der Waals surface area contributed by atoms with Gasteiger partial charge < -0.3 is 4.98 Å². The van der Waals surface area contributed by atoms with Crippen molar-refractivity contribution >= 4 is 21.7 Å². The number of piperidine rings is 1. The minimum Gasteiger partial charge on any atom is -0.361 e. The van der Waals surface area contributed by atoms with Crippen molar-refractivity contribution in [3.05, 3.63) is 35.5 Å². The predicted octanol–water partition coefficient (Wildman–Crippen LogP) is 2.90. The molecule has 4 rings (SSSR count). The summed E-state index contributed by atoms with van der Waals surface area (Å²) < 4.78 is 11.7. The lowest BCUT2D eigenvalue weighted by atomic mass is 9.72. The Hall–Kier alpha value is -1.13. The fourth-order valence-electron chi connectivity index (χ4n) is 4.72. The van der Waals surface area contributed by atoms with Gasteiger partial charge >= 0.3 is 0 Å². The molecule has 4 atom stereocenters. The van der Waals surface area contributed by atoms with Gasteiger partial charge in [0.2, 0.25) is 0 Å². The van der Waals surface area contributed by atoms with Gasteiger partial charge in [0.15, 0.2) is 0 Å². The van der Waals surface area contributed by atoms with Crippen LogP contribution in [0.25, 0.3) is 10.9 Å². The molecule has 1 aliphatic heterocycles. The van der Waals surface area contributed by atoms with Gasteiger partial charge in [-0.3, -0.25) is 9.11 Å². The molecule has 4 heteroatoms. The van der Waals surface area contributed by atoms with Crippen molar-refractivity contribution in [2.75, 3.05) is 25.1 Å². The number of hydrogen-bond donors (Lipinski definition) is 1. The van der Waals surface area contributed by atoms with Crippen molar-refractivity contribution in [3.8, 4) is 0 Å². The molecule has 0 saturated carbocycles. The van der Waals surface area contributed by atoms with Crippen molar-refractivity contribution in [3.63, 3.8) is 0 Å². The van der Waals surface area contributed by atoms with Crippen LogP contribution < -0.4 is 0 Å². The van der Waals surface area contributed by atoms with Crippen LogP contribution in [0.15, 0.2) is 24.4 Å². The Morgan fingerprint density at radius 1 is 1.41 bits per heavy atom. The summed E-state index contributed by atoms with van der Waals surface area (Å²) >= 11 is 0. The zero-order valence-electron chi connectivity index (χ0n) is 13.3. The lowest BCUT2D eigenvalue weighted by molar-refractivity contribution is 0.0981. The lowest BCUT2D eigenvalue weighted by Crippen LogP contribution is -2.50. The van der Waals surface area contributed by atoms with Crippen molar-refractivity contribution in [1.82, 2.24) is 9.88 Å². The molecule has 2 aromatic rings. The van der Waals surface area contributed by atoms with Crippen LogP contribution >= 0.6 is 0 Å². The van der Waals surface area contributed by atoms with Crippen LogP contribution in [0, 0.1) is 5.92 Å². The first kappa shape index (κ1) is 14.5. The summed E-state index contributed by atoms with van der Waals surface area (Å²) in [6.45, 7) is 4.45. The molecule has 1 aromatic carbocycles. The highest BCUT2D eigenvalue weighted by molar-refractivity contribution is 7.84. The molecular weight excluding hydrogens is 292 g/mol. The summed E-state index contributed by atoms with van der Waals surface area (Å²) in [7, 11) is -0.699. The van der Waals surface area contributed by atoms with E-state index >= 15 is 0 Å². The molecule has 0 bridgehead atoms.